The van der Waals surface area contributed by atoms with E-state index in [4.69, 9.17) is 5.73 Å². The van der Waals surface area contributed by atoms with Crippen molar-refractivity contribution >= 4 is 48.7 Å². The molecule has 0 bridgehead atoms. The van der Waals surface area contributed by atoms with Gasteiger partial charge in [0, 0.05) is 50.1 Å². The highest BCUT2D eigenvalue weighted by molar-refractivity contribution is 7.89. The normalized spacial score (nSPS) is 14.3. The van der Waals surface area contributed by atoms with Crippen molar-refractivity contribution in [1.29, 1.82) is 0 Å². The number of hydrogen-bond donors (Lipinski definition) is 6. The monoisotopic (exact) mass is 710 g/mol. The van der Waals surface area contributed by atoms with E-state index in [0.717, 1.165) is 42.5 Å². The average molecular weight is 711 g/mol. The SMILES string of the molecule is NCCNS(=O)(=O)c1ccc(-c2ccc(S(=O)(=O)N[C@@H](CNC(=O)c3ccc4c(cnn4CCNC4=NCCCC4)c3)C(=O)O)cc2)cc1. The van der Waals surface area contributed by atoms with Gasteiger partial charge in [-0.3, -0.25) is 19.3 Å². The Morgan fingerprint density at radius 3 is 2.18 bits per heavy atom. The number of hydrogen-bond acceptors (Lipinski definition) is 10. The first kappa shape index (κ1) is 35.6. The van der Waals surface area contributed by atoms with E-state index in [2.05, 4.69) is 30.2 Å². The van der Waals surface area contributed by atoms with Gasteiger partial charge >= 0.3 is 5.97 Å². The smallest absolute Gasteiger partial charge is 0.323 e. The maximum absolute atomic E-state index is 13.1. The quantitative estimate of drug-likeness (QED) is 0.104. The molecule has 1 aliphatic heterocycles. The van der Waals surface area contributed by atoms with E-state index >= 15 is 0 Å². The van der Waals surface area contributed by atoms with E-state index in [1.165, 1.54) is 36.4 Å². The van der Waals surface area contributed by atoms with Gasteiger partial charge in [-0.25, -0.2) is 21.6 Å². The van der Waals surface area contributed by atoms with Crippen LogP contribution in [0, 0.1) is 0 Å². The number of nitrogens with one attached hydrogen (secondary N) is 4. The Hall–Kier alpha value is -4.68. The number of carboxylic acid groups (broad SMARTS) is 1. The largest absolute Gasteiger partial charge is 0.480 e. The Kier molecular flexibility index (Phi) is 11.4. The molecular weight excluding hydrogens is 673 g/mol. The van der Waals surface area contributed by atoms with Crippen LogP contribution in [-0.2, 0) is 31.4 Å². The summed E-state index contributed by atoms with van der Waals surface area (Å²) >= 11 is 0. The summed E-state index contributed by atoms with van der Waals surface area (Å²) in [5.74, 6) is -1.04. The second-order valence-electron chi connectivity index (χ2n) is 11.3. The molecule has 1 aliphatic rings. The Bertz CT molecular complexity index is 2050. The lowest BCUT2D eigenvalue weighted by Gasteiger charge is -2.16. The molecule has 260 valence electrons. The van der Waals surface area contributed by atoms with Crippen molar-refractivity contribution in [2.24, 2.45) is 10.7 Å². The van der Waals surface area contributed by atoms with Crippen LogP contribution < -0.4 is 25.8 Å². The van der Waals surface area contributed by atoms with E-state index in [1.54, 1.807) is 36.5 Å². The molecule has 1 aromatic heterocycles. The number of nitrogens with two attached hydrogens (primary N) is 1. The van der Waals surface area contributed by atoms with Crippen LogP contribution in [-0.4, -0.2) is 88.2 Å². The third-order valence-electron chi connectivity index (χ3n) is 7.84. The minimum Gasteiger partial charge on any atom is -0.480 e. The lowest BCUT2D eigenvalue weighted by atomic mass is 10.1. The maximum atomic E-state index is 13.1. The van der Waals surface area contributed by atoms with Gasteiger partial charge in [-0.1, -0.05) is 24.3 Å². The highest BCUT2D eigenvalue weighted by Gasteiger charge is 2.26. The fourth-order valence-electron chi connectivity index (χ4n) is 5.22. The lowest BCUT2D eigenvalue weighted by molar-refractivity contribution is -0.138. The van der Waals surface area contributed by atoms with Crippen molar-refractivity contribution in [2.45, 2.75) is 41.6 Å². The summed E-state index contributed by atoms with van der Waals surface area (Å²) < 4.78 is 57.1. The van der Waals surface area contributed by atoms with Gasteiger partial charge in [-0.15, -0.1) is 0 Å². The van der Waals surface area contributed by atoms with Gasteiger partial charge in [-0.2, -0.15) is 9.82 Å². The first-order valence-electron chi connectivity index (χ1n) is 15.6. The highest BCUT2D eigenvalue weighted by atomic mass is 32.2. The molecule has 3 aromatic carbocycles. The minimum atomic E-state index is -4.30. The molecule has 0 fully saturated rings. The molecule has 0 saturated carbocycles. The molecule has 0 saturated heterocycles. The number of nitrogens with zero attached hydrogens (tertiary/aromatic N) is 3. The number of sulfonamides is 2. The van der Waals surface area contributed by atoms with Gasteiger partial charge in [0.2, 0.25) is 20.0 Å². The van der Waals surface area contributed by atoms with Crippen LogP contribution in [0.5, 0.6) is 0 Å². The molecule has 7 N–H and O–H groups in total. The van der Waals surface area contributed by atoms with Crippen LogP contribution >= 0.6 is 0 Å². The van der Waals surface area contributed by atoms with E-state index in [0.29, 0.717) is 24.2 Å². The Labute approximate surface area is 284 Å². The molecule has 1 amide bonds. The summed E-state index contributed by atoms with van der Waals surface area (Å²) in [6.07, 6.45) is 4.82. The standard InChI is InChI=1S/C32H38N8O7S2/c33-14-16-38-48(44,45)26-9-4-22(5-10-26)23-6-11-27(12-7-23)49(46,47)39-28(32(42)43)21-36-31(41)24-8-13-29-25(19-24)20-37-40(29)18-17-35-30-3-1-2-15-34-30/h4-13,19-20,28,38-39H,1-3,14-18,21,33H2,(H,34,35)(H,36,41)(H,42,43)/t28-/m0/s1. The molecular formula is C32H38N8O7S2. The predicted molar refractivity (Wildman–Crippen MR) is 184 cm³/mol. The number of carbonyl (C=O) groups is 2. The zero-order chi connectivity index (χ0) is 35.0. The van der Waals surface area contributed by atoms with Crippen LogP contribution in [0.3, 0.4) is 0 Å². The van der Waals surface area contributed by atoms with Gasteiger partial charge in [0.05, 0.1) is 33.9 Å². The predicted octanol–water partition coefficient (Wildman–Crippen LogP) is 1.27. The molecule has 5 rings (SSSR count). The molecule has 0 spiro atoms. The number of carboxylic acids is 1. The molecule has 2 heterocycles. The molecule has 15 nitrogen and oxygen atoms in total. The number of amidine groups is 1. The molecule has 17 heteroatoms. The van der Waals surface area contributed by atoms with Gasteiger partial charge < -0.3 is 21.5 Å². The Morgan fingerprint density at radius 1 is 0.898 bits per heavy atom. The lowest BCUT2D eigenvalue weighted by Crippen LogP contribution is -2.48. The number of aromatic nitrogens is 2. The number of amides is 1. The average Bonchev–Trinajstić information content (AvgIpc) is 3.51. The van der Waals surface area contributed by atoms with Gasteiger partial charge in [0.15, 0.2) is 0 Å². The third-order valence-corrected chi connectivity index (χ3v) is 10.8. The van der Waals surface area contributed by atoms with Crippen LogP contribution in [0.15, 0.2) is 87.7 Å². The van der Waals surface area contributed by atoms with Crippen molar-refractivity contribution < 1.29 is 31.5 Å². The van der Waals surface area contributed by atoms with E-state index in [-0.39, 0.29) is 28.4 Å². The second-order valence-corrected chi connectivity index (χ2v) is 14.8. The number of aliphatic carboxylic acids is 1. The van der Waals surface area contributed by atoms with Crippen LogP contribution in [0.2, 0.25) is 0 Å². The topological polar surface area (TPSA) is 227 Å². The van der Waals surface area contributed by atoms with Crippen molar-refractivity contribution in [3.05, 3.63) is 78.5 Å². The number of rotatable bonds is 15. The molecule has 0 unspecified atom stereocenters. The number of benzene rings is 3. The number of aliphatic imine (C=N–C) groups is 1. The fourth-order valence-corrected chi connectivity index (χ4v) is 7.45. The number of carbonyl (C=O) groups excluding carboxylic acids is 1. The Morgan fingerprint density at radius 2 is 1.57 bits per heavy atom. The van der Waals surface area contributed by atoms with E-state index < -0.39 is 44.5 Å². The first-order valence-corrected chi connectivity index (χ1v) is 18.6. The van der Waals surface area contributed by atoms with Crippen LogP contribution in [0.1, 0.15) is 29.6 Å². The van der Waals surface area contributed by atoms with Crippen molar-refractivity contribution in [3.8, 4) is 11.1 Å². The van der Waals surface area contributed by atoms with Gasteiger partial charge in [0.25, 0.3) is 5.91 Å². The zero-order valence-corrected chi connectivity index (χ0v) is 28.1. The van der Waals surface area contributed by atoms with Gasteiger partial charge in [0.1, 0.15) is 6.04 Å². The molecule has 4 aromatic rings. The van der Waals surface area contributed by atoms with Crippen molar-refractivity contribution in [1.82, 2.24) is 29.9 Å². The van der Waals surface area contributed by atoms with Crippen LogP contribution in [0.4, 0.5) is 0 Å². The van der Waals surface area contributed by atoms with E-state index in [9.17, 15) is 31.5 Å². The maximum Gasteiger partial charge on any atom is 0.323 e. The summed E-state index contributed by atoms with van der Waals surface area (Å²) in [5, 5.41) is 20.7. The van der Waals surface area contributed by atoms with Crippen molar-refractivity contribution in [2.75, 3.05) is 32.7 Å². The second kappa shape index (κ2) is 15.7. The van der Waals surface area contributed by atoms with Gasteiger partial charge in [-0.05, 0) is 66.4 Å². The molecule has 49 heavy (non-hydrogen) atoms. The summed E-state index contributed by atoms with van der Waals surface area (Å²) in [6.45, 7) is 1.85. The summed E-state index contributed by atoms with van der Waals surface area (Å²) in [5.41, 5.74) is 7.69. The van der Waals surface area contributed by atoms with Crippen LogP contribution in [0.25, 0.3) is 22.0 Å². The highest BCUT2D eigenvalue weighted by Crippen LogP contribution is 2.23. The number of fused-ring (bicyclic) bond motifs is 1. The zero-order valence-electron chi connectivity index (χ0n) is 26.5. The fraction of sp³-hybridized carbons (Fsp3) is 0.312. The van der Waals surface area contributed by atoms with E-state index in [1.807, 2.05) is 4.68 Å². The third kappa shape index (κ3) is 9.07. The Balaban J connectivity index is 1.17. The summed E-state index contributed by atoms with van der Waals surface area (Å²) in [7, 11) is -8.00. The summed E-state index contributed by atoms with van der Waals surface area (Å²) in [6, 6.07) is 15.0. The molecule has 0 radical (unpaired) electrons. The molecule has 0 aliphatic carbocycles. The minimum absolute atomic E-state index is 0.0566. The summed E-state index contributed by atoms with van der Waals surface area (Å²) in [4.78, 5) is 29.2. The van der Waals surface area contributed by atoms with Crippen molar-refractivity contribution in [3.63, 3.8) is 0 Å². The molecule has 1 atom stereocenters. The first-order chi connectivity index (χ1) is 23.5.